The van der Waals surface area contributed by atoms with Crippen molar-refractivity contribution in [3.63, 3.8) is 0 Å². The minimum absolute atomic E-state index is 0.608. The van der Waals surface area contributed by atoms with Crippen molar-refractivity contribution < 1.29 is 0 Å². The second-order valence-corrected chi connectivity index (χ2v) is 6.42. The number of hydrogen-bond acceptors (Lipinski definition) is 2. The van der Waals surface area contributed by atoms with E-state index in [9.17, 15) is 0 Å². The summed E-state index contributed by atoms with van der Waals surface area (Å²) >= 11 is 0. The SMILES string of the molecule is CCCCN1CC2CCCCN2CC1c1ccccc1. The molecular weight excluding hydrogens is 244 g/mol. The summed E-state index contributed by atoms with van der Waals surface area (Å²) in [6.07, 6.45) is 6.86. The molecule has 2 unspecified atom stereocenters. The Morgan fingerprint density at radius 2 is 1.95 bits per heavy atom. The van der Waals surface area contributed by atoms with E-state index in [4.69, 9.17) is 0 Å². The van der Waals surface area contributed by atoms with Crippen LogP contribution in [0.1, 0.15) is 50.6 Å². The molecule has 2 nitrogen and oxygen atoms in total. The number of rotatable bonds is 4. The molecule has 0 bridgehead atoms. The summed E-state index contributed by atoms with van der Waals surface area (Å²) < 4.78 is 0. The minimum Gasteiger partial charge on any atom is -0.297 e. The number of fused-ring (bicyclic) bond motifs is 1. The molecule has 2 aliphatic heterocycles. The van der Waals surface area contributed by atoms with Crippen LogP contribution in [0.15, 0.2) is 30.3 Å². The Morgan fingerprint density at radius 3 is 2.75 bits per heavy atom. The summed E-state index contributed by atoms with van der Waals surface area (Å²) in [5.41, 5.74) is 1.51. The number of piperazine rings is 1. The van der Waals surface area contributed by atoms with Crippen molar-refractivity contribution in [1.29, 1.82) is 0 Å². The first kappa shape index (κ1) is 14.1. The topological polar surface area (TPSA) is 6.48 Å². The highest BCUT2D eigenvalue weighted by Gasteiger charge is 2.35. The largest absolute Gasteiger partial charge is 0.297 e. The minimum atomic E-state index is 0.608. The van der Waals surface area contributed by atoms with Crippen LogP contribution in [0.3, 0.4) is 0 Å². The van der Waals surface area contributed by atoms with Gasteiger partial charge in [-0.05, 0) is 37.9 Å². The highest BCUT2D eigenvalue weighted by Crippen LogP contribution is 2.31. The predicted octanol–water partition coefficient (Wildman–Crippen LogP) is 3.70. The molecule has 1 aromatic carbocycles. The first-order valence-electron chi connectivity index (χ1n) is 8.41. The van der Waals surface area contributed by atoms with E-state index in [0.29, 0.717) is 6.04 Å². The highest BCUT2D eigenvalue weighted by molar-refractivity contribution is 5.20. The van der Waals surface area contributed by atoms with Gasteiger partial charge in [-0.3, -0.25) is 9.80 Å². The van der Waals surface area contributed by atoms with Crippen molar-refractivity contribution in [1.82, 2.24) is 9.80 Å². The summed E-state index contributed by atoms with van der Waals surface area (Å²) in [5.74, 6) is 0. The molecule has 0 spiro atoms. The lowest BCUT2D eigenvalue weighted by atomic mass is 9.93. The average molecular weight is 272 g/mol. The normalized spacial score (nSPS) is 28.2. The quantitative estimate of drug-likeness (QED) is 0.824. The molecule has 1 aromatic rings. The molecular formula is C18H28N2. The summed E-state index contributed by atoms with van der Waals surface area (Å²) in [7, 11) is 0. The molecule has 0 aromatic heterocycles. The fourth-order valence-corrected chi connectivity index (χ4v) is 3.84. The molecule has 2 heteroatoms. The maximum Gasteiger partial charge on any atom is 0.0475 e. The van der Waals surface area contributed by atoms with Gasteiger partial charge in [-0.2, -0.15) is 0 Å². The van der Waals surface area contributed by atoms with Gasteiger partial charge in [-0.15, -0.1) is 0 Å². The van der Waals surface area contributed by atoms with Gasteiger partial charge in [0.2, 0.25) is 0 Å². The molecule has 2 saturated heterocycles. The van der Waals surface area contributed by atoms with Crippen LogP contribution < -0.4 is 0 Å². The van der Waals surface area contributed by atoms with E-state index >= 15 is 0 Å². The first-order valence-corrected chi connectivity index (χ1v) is 8.41. The number of piperidine rings is 1. The van der Waals surface area contributed by atoms with E-state index in [-0.39, 0.29) is 0 Å². The van der Waals surface area contributed by atoms with Crippen molar-refractivity contribution in [3.05, 3.63) is 35.9 Å². The molecule has 0 radical (unpaired) electrons. The number of hydrogen-bond donors (Lipinski definition) is 0. The van der Waals surface area contributed by atoms with Crippen LogP contribution in [0.25, 0.3) is 0 Å². The van der Waals surface area contributed by atoms with Crippen LogP contribution in [-0.4, -0.2) is 42.0 Å². The van der Waals surface area contributed by atoms with Crippen molar-refractivity contribution in [3.8, 4) is 0 Å². The lowest BCUT2D eigenvalue weighted by Gasteiger charge is -2.48. The Balaban J connectivity index is 1.76. The summed E-state index contributed by atoms with van der Waals surface area (Å²) in [6.45, 7) is 7.39. The summed E-state index contributed by atoms with van der Waals surface area (Å²) in [5, 5.41) is 0. The molecule has 20 heavy (non-hydrogen) atoms. The van der Waals surface area contributed by atoms with E-state index in [1.54, 1.807) is 0 Å². The summed E-state index contributed by atoms with van der Waals surface area (Å²) in [4.78, 5) is 5.51. The van der Waals surface area contributed by atoms with Crippen LogP contribution in [-0.2, 0) is 0 Å². The molecule has 2 atom stereocenters. The van der Waals surface area contributed by atoms with Gasteiger partial charge in [0, 0.05) is 25.2 Å². The van der Waals surface area contributed by atoms with Crippen LogP contribution in [0.4, 0.5) is 0 Å². The molecule has 2 aliphatic rings. The van der Waals surface area contributed by atoms with Crippen LogP contribution in [0.2, 0.25) is 0 Å². The van der Waals surface area contributed by atoms with Gasteiger partial charge in [-0.25, -0.2) is 0 Å². The number of unbranched alkanes of at least 4 members (excludes halogenated alkanes) is 1. The lowest BCUT2D eigenvalue weighted by molar-refractivity contribution is 0.00739. The zero-order chi connectivity index (χ0) is 13.8. The maximum atomic E-state index is 2.76. The predicted molar refractivity (Wildman–Crippen MR) is 84.9 cm³/mol. The van der Waals surface area contributed by atoms with Crippen molar-refractivity contribution in [2.24, 2.45) is 0 Å². The average Bonchev–Trinajstić information content (AvgIpc) is 2.53. The maximum absolute atomic E-state index is 2.76. The monoisotopic (exact) mass is 272 g/mol. The van der Waals surface area contributed by atoms with E-state index < -0.39 is 0 Å². The molecule has 0 aliphatic carbocycles. The molecule has 2 fully saturated rings. The second-order valence-electron chi connectivity index (χ2n) is 6.42. The Labute approximate surface area is 123 Å². The number of nitrogens with zero attached hydrogens (tertiary/aromatic N) is 2. The van der Waals surface area contributed by atoms with Gasteiger partial charge < -0.3 is 0 Å². The zero-order valence-corrected chi connectivity index (χ0v) is 12.8. The van der Waals surface area contributed by atoms with Gasteiger partial charge in [-0.1, -0.05) is 50.1 Å². The van der Waals surface area contributed by atoms with E-state index in [1.807, 2.05) is 0 Å². The smallest absolute Gasteiger partial charge is 0.0475 e. The third kappa shape index (κ3) is 3.07. The van der Waals surface area contributed by atoms with Crippen molar-refractivity contribution in [2.75, 3.05) is 26.2 Å². The molecule has 0 saturated carbocycles. The van der Waals surface area contributed by atoms with E-state index in [2.05, 4.69) is 47.1 Å². The van der Waals surface area contributed by atoms with Gasteiger partial charge in [0.1, 0.15) is 0 Å². The zero-order valence-electron chi connectivity index (χ0n) is 12.8. The van der Waals surface area contributed by atoms with E-state index in [0.717, 1.165) is 6.04 Å². The highest BCUT2D eigenvalue weighted by atomic mass is 15.3. The fourth-order valence-electron chi connectivity index (χ4n) is 3.84. The lowest BCUT2D eigenvalue weighted by Crippen LogP contribution is -2.56. The van der Waals surface area contributed by atoms with E-state index in [1.165, 1.54) is 63.8 Å². The summed E-state index contributed by atoms with van der Waals surface area (Å²) in [6, 6.07) is 12.6. The Bertz CT molecular complexity index is 403. The Hall–Kier alpha value is -0.860. The number of benzene rings is 1. The molecule has 3 rings (SSSR count). The Morgan fingerprint density at radius 1 is 1.10 bits per heavy atom. The van der Waals surface area contributed by atoms with Gasteiger partial charge in [0.05, 0.1) is 0 Å². The van der Waals surface area contributed by atoms with Crippen molar-refractivity contribution >= 4 is 0 Å². The standard InChI is InChI=1S/C18H28N2/c1-2-3-12-20-14-17-11-7-8-13-19(17)15-18(20)16-9-5-4-6-10-16/h4-6,9-10,17-18H,2-3,7-8,11-15H2,1H3. The second kappa shape index (κ2) is 6.73. The van der Waals surface area contributed by atoms with Gasteiger partial charge >= 0.3 is 0 Å². The van der Waals surface area contributed by atoms with Crippen LogP contribution in [0.5, 0.6) is 0 Å². The van der Waals surface area contributed by atoms with Crippen LogP contribution >= 0.6 is 0 Å². The first-order chi connectivity index (χ1) is 9.88. The fraction of sp³-hybridized carbons (Fsp3) is 0.667. The third-order valence-corrected chi connectivity index (χ3v) is 5.03. The van der Waals surface area contributed by atoms with Gasteiger partial charge in [0.25, 0.3) is 0 Å². The molecule has 0 amide bonds. The molecule has 110 valence electrons. The third-order valence-electron chi connectivity index (χ3n) is 5.03. The molecule has 2 heterocycles. The van der Waals surface area contributed by atoms with Crippen molar-refractivity contribution in [2.45, 2.75) is 51.1 Å². The molecule has 0 N–H and O–H groups in total. The van der Waals surface area contributed by atoms with Crippen LogP contribution in [0, 0.1) is 0 Å². The Kier molecular flexibility index (Phi) is 4.74. The van der Waals surface area contributed by atoms with Gasteiger partial charge in [0.15, 0.2) is 0 Å².